The van der Waals surface area contributed by atoms with E-state index in [4.69, 9.17) is 4.74 Å². The molecule has 0 spiro atoms. The molecule has 0 bridgehead atoms. The van der Waals surface area contributed by atoms with Crippen molar-refractivity contribution in [3.05, 3.63) is 65.7 Å². The maximum atomic E-state index is 12.5. The molecule has 0 unspecified atom stereocenters. The monoisotopic (exact) mass is 393 g/mol. The molecule has 0 saturated heterocycles. The molecular formula is C22H19NO6. The minimum atomic E-state index is -1.21. The Balaban J connectivity index is 1.79. The Morgan fingerprint density at radius 2 is 1.55 bits per heavy atom. The fourth-order valence-electron chi connectivity index (χ4n) is 2.91. The van der Waals surface area contributed by atoms with Crippen LogP contribution in [0.1, 0.15) is 34.6 Å². The van der Waals surface area contributed by atoms with Gasteiger partial charge in [-0.1, -0.05) is 36.4 Å². The van der Waals surface area contributed by atoms with Crippen molar-refractivity contribution in [2.45, 2.75) is 20.0 Å². The van der Waals surface area contributed by atoms with Crippen LogP contribution in [-0.2, 0) is 9.53 Å². The normalized spacial score (nSPS) is 11.7. The number of Topliss-reactive ketones (excluding diaryl/α,β-unsaturated/α-hetero) is 1. The van der Waals surface area contributed by atoms with Gasteiger partial charge in [-0.3, -0.25) is 9.59 Å². The lowest BCUT2D eigenvalue weighted by molar-refractivity contribution is -0.123. The number of para-hydroxylation sites is 1. The first-order valence-electron chi connectivity index (χ1n) is 8.85. The van der Waals surface area contributed by atoms with Crippen LogP contribution < -0.4 is 5.32 Å². The number of hydrogen-bond donors (Lipinski definition) is 3. The second-order valence-corrected chi connectivity index (χ2v) is 6.48. The van der Waals surface area contributed by atoms with Crippen molar-refractivity contribution >= 4 is 34.1 Å². The van der Waals surface area contributed by atoms with Crippen LogP contribution in [0.15, 0.2) is 54.6 Å². The van der Waals surface area contributed by atoms with Gasteiger partial charge in [-0.15, -0.1) is 0 Å². The predicted octanol–water partition coefficient (Wildman–Crippen LogP) is 3.64. The fraction of sp³-hybridized carbons (Fsp3) is 0.136. The van der Waals surface area contributed by atoms with Crippen molar-refractivity contribution in [1.29, 1.82) is 0 Å². The molecule has 148 valence electrons. The van der Waals surface area contributed by atoms with E-state index in [1.807, 2.05) is 0 Å². The van der Waals surface area contributed by atoms with E-state index in [2.05, 4.69) is 5.32 Å². The van der Waals surface area contributed by atoms with Crippen molar-refractivity contribution in [1.82, 2.24) is 0 Å². The lowest BCUT2D eigenvalue weighted by Gasteiger charge is -2.16. The van der Waals surface area contributed by atoms with Crippen LogP contribution in [0, 0.1) is 0 Å². The number of fused-ring (bicyclic) bond motifs is 1. The van der Waals surface area contributed by atoms with Crippen molar-refractivity contribution in [2.24, 2.45) is 0 Å². The van der Waals surface area contributed by atoms with Crippen LogP contribution in [0.5, 0.6) is 11.5 Å². The molecule has 3 N–H and O–H groups in total. The van der Waals surface area contributed by atoms with Crippen LogP contribution in [0.4, 0.5) is 5.69 Å². The summed E-state index contributed by atoms with van der Waals surface area (Å²) in [6.45, 7) is 2.74. The SMILES string of the molecule is CC(=O)c1ccccc1NC(=O)[C@H](C)OC(=O)c1cc(O)c2ccccc2c1O. The molecule has 3 rings (SSSR count). The van der Waals surface area contributed by atoms with Gasteiger partial charge in [0.1, 0.15) is 17.1 Å². The van der Waals surface area contributed by atoms with Gasteiger partial charge in [0.25, 0.3) is 5.91 Å². The molecule has 0 aliphatic rings. The van der Waals surface area contributed by atoms with Gasteiger partial charge in [-0.2, -0.15) is 0 Å². The number of ketones is 1. The summed E-state index contributed by atoms with van der Waals surface area (Å²) in [7, 11) is 0. The topological polar surface area (TPSA) is 113 Å². The fourth-order valence-corrected chi connectivity index (χ4v) is 2.91. The van der Waals surface area contributed by atoms with Crippen LogP contribution in [0.3, 0.4) is 0 Å². The van der Waals surface area contributed by atoms with E-state index in [0.29, 0.717) is 16.6 Å². The van der Waals surface area contributed by atoms with Gasteiger partial charge in [0.2, 0.25) is 0 Å². The third kappa shape index (κ3) is 4.03. The first-order chi connectivity index (χ1) is 13.8. The van der Waals surface area contributed by atoms with Crippen molar-refractivity contribution in [3.8, 4) is 11.5 Å². The highest BCUT2D eigenvalue weighted by Crippen LogP contribution is 2.35. The van der Waals surface area contributed by atoms with Gasteiger partial charge in [0, 0.05) is 16.3 Å². The molecule has 3 aromatic carbocycles. The molecule has 1 atom stereocenters. The standard InChI is InChI=1S/C22H19NO6/c1-12(24)14-7-5-6-10-18(14)23-21(27)13(2)29-22(28)17-11-19(25)15-8-3-4-9-16(15)20(17)26/h3-11,13,25-26H,1-2H3,(H,23,27)/t13-/m0/s1. The molecule has 1 amide bonds. The second kappa shape index (κ2) is 8.02. The number of carbonyl (C=O) groups excluding carboxylic acids is 3. The van der Waals surface area contributed by atoms with Gasteiger partial charge >= 0.3 is 5.97 Å². The lowest BCUT2D eigenvalue weighted by Crippen LogP contribution is -2.30. The van der Waals surface area contributed by atoms with E-state index in [1.54, 1.807) is 48.5 Å². The molecule has 0 saturated carbocycles. The average Bonchev–Trinajstić information content (AvgIpc) is 2.70. The van der Waals surface area contributed by atoms with Gasteiger partial charge in [0.05, 0.1) is 5.69 Å². The first-order valence-corrected chi connectivity index (χ1v) is 8.85. The Kier molecular flexibility index (Phi) is 5.50. The summed E-state index contributed by atoms with van der Waals surface area (Å²) in [5.74, 6) is -2.37. The number of ether oxygens (including phenoxy) is 1. The second-order valence-electron chi connectivity index (χ2n) is 6.48. The molecule has 0 aromatic heterocycles. The Morgan fingerprint density at radius 1 is 0.931 bits per heavy atom. The molecule has 0 heterocycles. The van der Waals surface area contributed by atoms with Gasteiger partial charge < -0.3 is 20.3 Å². The van der Waals surface area contributed by atoms with E-state index in [1.165, 1.54) is 13.8 Å². The van der Waals surface area contributed by atoms with Crippen molar-refractivity contribution in [3.63, 3.8) is 0 Å². The number of aromatic hydroxyl groups is 2. The summed E-state index contributed by atoms with van der Waals surface area (Å²) in [4.78, 5) is 36.6. The zero-order chi connectivity index (χ0) is 21.1. The number of benzene rings is 3. The third-order valence-corrected chi connectivity index (χ3v) is 4.43. The van der Waals surface area contributed by atoms with Gasteiger partial charge in [-0.25, -0.2) is 4.79 Å². The highest BCUT2D eigenvalue weighted by atomic mass is 16.5. The summed E-state index contributed by atoms with van der Waals surface area (Å²) < 4.78 is 5.15. The smallest absolute Gasteiger partial charge is 0.342 e. The Bertz CT molecular complexity index is 1120. The summed E-state index contributed by atoms with van der Waals surface area (Å²) >= 11 is 0. The maximum Gasteiger partial charge on any atom is 0.342 e. The number of esters is 1. The Hall–Kier alpha value is -3.87. The van der Waals surface area contributed by atoms with Crippen molar-refractivity contribution < 1.29 is 29.3 Å². The predicted molar refractivity (Wildman–Crippen MR) is 107 cm³/mol. The Labute approximate surface area is 166 Å². The number of phenols is 2. The average molecular weight is 393 g/mol. The van der Waals surface area contributed by atoms with E-state index >= 15 is 0 Å². The lowest BCUT2D eigenvalue weighted by atomic mass is 10.0. The molecule has 0 fully saturated rings. The number of nitrogens with one attached hydrogen (secondary N) is 1. The van der Waals surface area contributed by atoms with Gasteiger partial charge in [0.15, 0.2) is 11.9 Å². The van der Waals surface area contributed by atoms with E-state index in [9.17, 15) is 24.6 Å². The minimum Gasteiger partial charge on any atom is -0.507 e. The molecule has 3 aromatic rings. The van der Waals surface area contributed by atoms with Crippen LogP contribution in [-0.4, -0.2) is 34.0 Å². The van der Waals surface area contributed by atoms with Crippen LogP contribution in [0.2, 0.25) is 0 Å². The van der Waals surface area contributed by atoms with E-state index < -0.39 is 18.0 Å². The number of amides is 1. The Morgan fingerprint density at radius 3 is 2.24 bits per heavy atom. The highest BCUT2D eigenvalue weighted by molar-refractivity contribution is 6.06. The largest absolute Gasteiger partial charge is 0.507 e. The number of anilines is 1. The van der Waals surface area contributed by atoms with Gasteiger partial charge in [-0.05, 0) is 32.0 Å². The highest BCUT2D eigenvalue weighted by Gasteiger charge is 2.24. The molecular weight excluding hydrogens is 374 g/mol. The number of hydrogen-bond acceptors (Lipinski definition) is 6. The maximum absolute atomic E-state index is 12.5. The molecule has 0 radical (unpaired) electrons. The first kappa shape index (κ1) is 19.9. The summed E-state index contributed by atoms with van der Waals surface area (Å²) in [5.41, 5.74) is 0.376. The summed E-state index contributed by atoms with van der Waals surface area (Å²) in [5, 5.41) is 23.7. The van der Waals surface area contributed by atoms with Crippen molar-refractivity contribution in [2.75, 3.05) is 5.32 Å². The number of rotatable bonds is 5. The third-order valence-electron chi connectivity index (χ3n) is 4.43. The molecule has 29 heavy (non-hydrogen) atoms. The van der Waals surface area contributed by atoms with Crippen LogP contribution in [0.25, 0.3) is 10.8 Å². The molecule has 0 aliphatic carbocycles. The molecule has 0 aliphatic heterocycles. The van der Waals surface area contributed by atoms with Crippen LogP contribution >= 0.6 is 0 Å². The summed E-state index contributed by atoms with van der Waals surface area (Å²) in [6, 6.07) is 14.1. The zero-order valence-electron chi connectivity index (χ0n) is 15.8. The number of carbonyl (C=O) groups is 3. The minimum absolute atomic E-state index is 0.196. The zero-order valence-corrected chi connectivity index (χ0v) is 15.8. The molecule has 7 nitrogen and oxygen atoms in total. The number of phenolic OH excluding ortho intramolecular Hbond substituents is 2. The quantitative estimate of drug-likeness (QED) is 0.347. The van der Waals surface area contributed by atoms with E-state index in [-0.39, 0.29) is 28.2 Å². The summed E-state index contributed by atoms with van der Waals surface area (Å²) in [6.07, 6.45) is -1.21. The molecule has 7 heteroatoms. The van der Waals surface area contributed by atoms with E-state index in [0.717, 1.165) is 6.07 Å².